The van der Waals surface area contributed by atoms with Crippen molar-refractivity contribution in [3.05, 3.63) is 64.4 Å². The third-order valence-corrected chi connectivity index (χ3v) is 3.08. The Labute approximate surface area is 117 Å². The molecule has 0 aliphatic rings. The molecule has 0 saturated heterocycles. The second kappa shape index (κ2) is 5.55. The number of aryl methyl sites for hydroxylation is 1. The van der Waals surface area contributed by atoms with Gasteiger partial charge >= 0.3 is 0 Å². The number of aromatic nitrogens is 1. The molecule has 0 saturated carbocycles. The van der Waals surface area contributed by atoms with Gasteiger partial charge in [-0.2, -0.15) is 5.26 Å². The Balaban J connectivity index is 2.62. The number of benzene rings is 1. The molecule has 2 aromatic rings. The van der Waals surface area contributed by atoms with Crippen molar-refractivity contribution in [1.29, 1.82) is 5.26 Å². The second-order valence-electron chi connectivity index (χ2n) is 4.10. The Kier molecular flexibility index (Phi) is 3.84. The van der Waals surface area contributed by atoms with Crippen LogP contribution in [0.15, 0.2) is 42.7 Å². The van der Waals surface area contributed by atoms with Crippen molar-refractivity contribution in [3.63, 3.8) is 0 Å². The molecule has 2 N–H and O–H groups in total. The monoisotopic (exact) mass is 269 g/mol. The van der Waals surface area contributed by atoms with Gasteiger partial charge in [-0.05, 0) is 42.3 Å². The largest absolute Gasteiger partial charge is 0.397 e. The van der Waals surface area contributed by atoms with Crippen LogP contribution in [0.5, 0.6) is 0 Å². The van der Waals surface area contributed by atoms with Crippen LogP contribution in [-0.4, -0.2) is 4.98 Å². The van der Waals surface area contributed by atoms with Gasteiger partial charge < -0.3 is 5.73 Å². The molecular formula is C15H12ClN3. The van der Waals surface area contributed by atoms with Gasteiger partial charge in [-0.1, -0.05) is 17.7 Å². The molecular weight excluding hydrogens is 258 g/mol. The van der Waals surface area contributed by atoms with Crippen LogP contribution >= 0.6 is 11.6 Å². The first-order chi connectivity index (χ1) is 9.13. The van der Waals surface area contributed by atoms with E-state index in [1.807, 2.05) is 13.0 Å². The van der Waals surface area contributed by atoms with E-state index in [4.69, 9.17) is 17.3 Å². The standard InChI is InChI=1S/C15H12ClN3/c1-10-2-3-12(16)8-13(10)15(18)14(9-17)11-4-6-19-7-5-11/h2-8H,18H2,1H3/b15-14+. The Hall–Kier alpha value is -2.31. The highest BCUT2D eigenvalue weighted by Crippen LogP contribution is 2.26. The first-order valence-electron chi connectivity index (χ1n) is 5.70. The van der Waals surface area contributed by atoms with Crippen molar-refractivity contribution in [1.82, 2.24) is 4.98 Å². The minimum atomic E-state index is 0.424. The topological polar surface area (TPSA) is 62.7 Å². The Morgan fingerprint density at radius 3 is 2.58 bits per heavy atom. The first kappa shape index (κ1) is 13.1. The summed E-state index contributed by atoms with van der Waals surface area (Å²) in [5, 5.41) is 9.92. The van der Waals surface area contributed by atoms with Gasteiger partial charge in [0, 0.05) is 23.0 Å². The van der Waals surface area contributed by atoms with Crippen molar-refractivity contribution in [3.8, 4) is 6.07 Å². The number of hydrogen-bond acceptors (Lipinski definition) is 3. The van der Waals surface area contributed by atoms with E-state index in [2.05, 4.69) is 11.1 Å². The smallest absolute Gasteiger partial charge is 0.102 e. The number of rotatable bonds is 2. The molecule has 1 aromatic carbocycles. The lowest BCUT2D eigenvalue weighted by molar-refractivity contribution is 1.31. The van der Waals surface area contributed by atoms with Gasteiger partial charge in [0.15, 0.2) is 0 Å². The summed E-state index contributed by atoms with van der Waals surface area (Å²) >= 11 is 5.98. The van der Waals surface area contributed by atoms with E-state index in [-0.39, 0.29) is 0 Å². The van der Waals surface area contributed by atoms with E-state index in [0.29, 0.717) is 16.3 Å². The van der Waals surface area contributed by atoms with Gasteiger partial charge in [0.2, 0.25) is 0 Å². The zero-order chi connectivity index (χ0) is 13.8. The van der Waals surface area contributed by atoms with E-state index in [0.717, 1.165) is 16.7 Å². The van der Waals surface area contributed by atoms with Gasteiger partial charge in [0.05, 0.1) is 11.3 Å². The number of hydrogen-bond donors (Lipinski definition) is 1. The van der Waals surface area contributed by atoms with Gasteiger partial charge in [-0.15, -0.1) is 0 Å². The SMILES string of the molecule is Cc1ccc(Cl)cc1/C(N)=C(/C#N)c1ccncc1. The molecule has 19 heavy (non-hydrogen) atoms. The van der Waals surface area contributed by atoms with Crippen molar-refractivity contribution in [2.45, 2.75) is 6.92 Å². The average molecular weight is 270 g/mol. The minimum absolute atomic E-state index is 0.424. The molecule has 0 radical (unpaired) electrons. The van der Waals surface area contributed by atoms with Crippen molar-refractivity contribution < 1.29 is 0 Å². The highest BCUT2D eigenvalue weighted by atomic mass is 35.5. The number of nitrogens with zero attached hydrogens (tertiary/aromatic N) is 2. The third-order valence-electron chi connectivity index (χ3n) is 2.84. The first-order valence-corrected chi connectivity index (χ1v) is 6.08. The number of nitrogens with two attached hydrogens (primary N) is 1. The lowest BCUT2D eigenvalue weighted by atomic mass is 9.99. The van der Waals surface area contributed by atoms with Crippen LogP contribution in [-0.2, 0) is 0 Å². The number of pyridine rings is 1. The predicted octanol–water partition coefficient (Wildman–Crippen LogP) is 3.39. The number of halogens is 1. The fraction of sp³-hybridized carbons (Fsp3) is 0.0667. The summed E-state index contributed by atoms with van der Waals surface area (Å²) < 4.78 is 0. The molecule has 0 amide bonds. The molecule has 0 aliphatic heterocycles. The number of allylic oxidation sites excluding steroid dienone is 1. The molecule has 2 rings (SSSR count). The maximum Gasteiger partial charge on any atom is 0.102 e. The van der Waals surface area contributed by atoms with Crippen LogP contribution in [0.4, 0.5) is 0 Å². The molecule has 4 heteroatoms. The summed E-state index contributed by atoms with van der Waals surface area (Å²) in [5.74, 6) is 0. The highest BCUT2D eigenvalue weighted by molar-refractivity contribution is 6.30. The lowest BCUT2D eigenvalue weighted by Crippen LogP contribution is -2.02. The molecule has 0 atom stereocenters. The molecule has 0 aliphatic carbocycles. The molecule has 0 bridgehead atoms. The Morgan fingerprint density at radius 2 is 1.95 bits per heavy atom. The van der Waals surface area contributed by atoms with Crippen molar-refractivity contribution in [2.75, 3.05) is 0 Å². The van der Waals surface area contributed by atoms with Gasteiger partial charge in [-0.25, -0.2) is 0 Å². The summed E-state index contributed by atoms with van der Waals surface area (Å²) in [6.07, 6.45) is 3.26. The molecule has 1 aromatic heterocycles. The zero-order valence-corrected chi connectivity index (χ0v) is 11.1. The molecule has 94 valence electrons. The predicted molar refractivity (Wildman–Crippen MR) is 77.0 cm³/mol. The lowest BCUT2D eigenvalue weighted by Gasteiger charge is -2.09. The maximum atomic E-state index is 9.33. The normalized spacial score (nSPS) is 11.6. The van der Waals surface area contributed by atoms with Crippen LogP contribution in [0.25, 0.3) is 11.3 Å². The van der Waals surface area contributed by atoms with E-state index in [1.54, 1.807) is 36.7 Å². The summed E-state index contributed by atoms with van der Waals surface area (Å²) in [6, 6.07) is 11.1. The third kappa shape index (κ3) is 2.75. The van der Waals surface area contributed by atoms with E-state index < -0.39 is 0 Å². The number of nitriles is 1. The van der Waals surface area contributed by atoms with Gasteiger partial charge in [-0.3, -0.25) is 4.98 Å². The summed E-state index contributed by atoms with van der Waals surface area (Å²) in [6.45, 7) is 1.93. The fourth-order valence-electron chi connectivity index (χ4n) is 1.82. The molecule has 0 spiro atoms. The highest BCUT2D eigenvalue weighted by Gasteiger charge is 2.10. The van der Waals surface area contributed by atoms with Crippen molar-refractivity contribution in [2.24, 2.45) is 5.73 Å². The Bertz CT molecular complexity index is 670. The van der Waals surface area contributed by atoms with Gasteiger partial charge in [0.1, 0.15) is 6.07 Å². The van der Waals surface area contributed by atoms with E-state index in [9.17, 15) is 5.26 Å². The minimum Gasteiger partial charge on any atom is -0.397 e. The quantitative estimate of drug-likeness (QED) is 0.850. The second-order valence-corrected chi connectivity index (χ2v) is 4.53. The van der Waals surface area contributed by atoms with Crippen LogP contribution in [0.3, 0.4) is 0 Å². The molecule has 0 unspecified atom stereocenters. The maximum absolute atomic E-state index is 9.33. The van der Waals surface area contributed by atoms with E-state index in [1.165, 1.54) is 0 Å². The van der Waals surface area contributed by atoms with Crippen molar-refractivity contribution >= 4 is 22.9 Å². The molecule has 1 heterocycles. The summed E-state index contributed by atoms with van der Waals surface area (Å²) in [7, 11) is 0. The van der Waals surface area contributed by atoms with E-state index >= 15 is 0 Å². The van der Waals surface area contributed by atoms with Crippen LogP contribution in [0.2, 0.25) is 5.02 Å². The van der Waals surface area contributed by atoms with Crippen LogP contribution < -0.4 is 5.73 Å². The zero-order valence-electron chi connectivity index (χ0n) is 10.4. The summed E-state index contributed by atoms with van der Waals surface area (Å²) in [5.41, 5.74) is 9.48. The summed E-state index contributed by atoms with van der Waals surface area (Å²) in [4.78, 5) is 3.93. The van der Waals surface area contributed by atoms with Crippen LogP contribution in [0.1, 0.15) is 16.7 Å². The van der Waals surface area contributed by atoms with Gasteiger partial charge in [0.25, 0.3) is 0 Å². The average Bonchev–Trinajstić information content (AvgIpc) is 2.43. The fourth-order valence-corrected chi connectivity index (χ4v) is 1.99. The Morgan fingerprint density at radius 1 is 1.26 bits per heavy atom. The van der Waals surface area contributed by atoms with Crippen LogP contribution in [0, 0.1) is 18.3 Å². The molecule has 0 fully saturated rings. The molecule has 3 nitrogen and oxygen atoms in total.